The average Bonchev–Trinajstić information content (AvgIpc) is 2.25. The number of amides is 2. The second kappa shape index (κ2) is 5.90. The molecule has 0 aromatic heterocycles. The van der Waals surface area contributed by atoms with Gasteiger partial charge in [0.25, 0.3) is 0 Å². The summed E-state index contributed by atoms with van der Waals surface area (Å²) in [7, 11) is 0. The Balaban J connectivity index is 2.54. The number of benzene rings is 1. The van der Waals surface area contributed by atoms with E-state index in [0.717, 1.165) is 6.07 Å². The van der Waals surface area contributed by atoms with Crippen LogP contribution in [0.25, 0.3) is 0 Å². The molecule has 1 aromatic rings. The highest BCUT2D eigenvalue weighted by atomic mass is 32.1. The molecule has 0 unspecified atom stereocenters. The molecule has 90 valence electrons. The van der Waals surface area contributed by atoms with Crippen molar-refractivity contribution >= 4 is 34.7 Å². The van der Waals surface area contributed by atoms with Crippen LogP contribution in [0.5, 0.6) is 0 Å². The van der Waals surface area contributed by atoms with Crippen LogP contribution in [-0.4, -0.2) is 23.3 Å². The van der Waals surface area contributed by atoms with Crippen molar-refractivity contribution in [2.24, 2.45) is 5.73 Å². The van der Waals surface area contributed by atoms with E-state index in [4.69, 9.17) is 5.73 Å². The minimum Gasteiger partial charge on any atom is -0.392 e. The van der Waals surface area contributed by atoms with Crippen molar-refractivity contribution in [1.29, 1.82) is 0 Å². The highest BCUT2D eigenvalue weighted by Gasteiger charge is 2.13. The zero-order valence-corrected chi connectivity index (χ0v) is 9.51. The number of hydrogen-bond donors (Lipinski definition) is 3. The fraction of sp³-hybridized carbons (Fsp3) is 0.100. The van der Waals surface area contributed by atoms with Crippen molar-refractivity contribution in [1.82, 2.24) is 5.32 Å². The lowest BCUT2D eigenvalue weighted by Gasteiger charge is -2.05. The van der Waals surface area contributed by atoms with E-state index < -0.39 is 17.6 Å². The van der Waals surface area contributed by atoms with Gasteiger partial charge in [0.2, 0.25) is 0 Å². The highest BCUT2D eigenvalue weighted by Crippen LogP contribution is 2.08. The van der Waals surface area contributed by atoms with Crippen LogP contribution in [0.2, 0.25) is 0 Å². The number of anilines is 1. The summed E-state index contributed by atoms with van der Waals surface area (Å²) in [5.74, 6) is -2.31. The van der Waals surface area contributed by atoms with E-state index in [9.17, 15) is 14.0 Å². The average molecular weight is 255 g/mol. The largest absolute Gasteiger partial charge is 0.392 e. The van der Waals surface area contributed by atoms with E-state index in [-0.39, 0.29) is 17.2 Å². The van der Waals surface area contributed by atoms with E-state index in [1.807, 2.05) is 0 Å². The number of carbonyl (C=O) groups is 2. The molecule has 2 amide bonds. The lowest BCUT2D eigenvalue weighted by Crippen LogP contribution is -2.39. The van der Waals surface area contributed by atoms with E-state index in [0.29, 0.717) is 0 Å². The zero-order chi connectivity index (χ0) is 12.8. The van der Waals surface area contributed by atoms with Crippen LogP contribution in [0, 0.1) is 5.82 Å². The van der Waals surface area contributed by atoms with Gasteiger partial charge in [0.1, 0.15) is 5.82 Å². The second-order valence-corrected chi connectivity index (χ2v) is 3.64. The summed E-state index contributed by atoms with van der Waals surface area (Å²) in [5, 5.41) is 4.44. The minimum atomic E-state index is -0.910. The van der Waals surface area contributed by atoms with Crippen LogP contribution >= 0.6 is 12.2 Å². The molecule has 0 heterocycles. The molecule has 0 saturated heterocycles. The van der Waals surface area contributed by atoms with Gasteiger partial charge in [-0.1, -0.05) is 18.3 Å². The summed E-state index contributed by atoms with van der Waals surface area (Å²) in [6, 6.07) is 5.20. The van der Waals surface area contributed by atoms with Crippen molar-refractivity contribution in [3.63, 3.8) is 0 Å². The third-order valence-corrected chi connectivity index (χ3v) is 1.86. The molecule has 0 radical (unpaired) electrons. The molecule has 0 aliphatic carbocycles. The molecule has 0 fully saturated rings. The highest BCUT2D eigenvalue weighted by molar-refractivity contribution is 7.80. The molecule has 1 aromatic carbocycles. The standard InChI is InChI=1S/C10H10FN3O2S/c11-6-2-1-3-7(4-6)14-10(16)9(15)13-5-8(12)17/h1-4H,5H2,(H2,12,17)(H,13,15)(H,14,16). The van der Waals surface area contributed by atoms with Gasteiger partial charge < -0.3 is 16.4 Å². The Kier molecular flexibility index (Phi) is 4.53. The Morgan fingerprint density at radius 3 is 2.65 bits per heavy atom. The summed E-state index contributed by atoms with van der Waals surface area (Å²) in [6.07, 6.45) is 0. The number of nitrogens with one attached hydrogen (secondary N) is 2. The summed E-state index contributed by atoms with van der Waals surface area (Å²) in [6.45, 7) is -0.0647. The van der Waals surface area contributed by atoms with Gasteiger partial charge >= 0.3 is 11.8 Å². The molecule has 4 N–H and O–H groups in total. The summed E-state index contributed by atoms with van der Waals surface area (Å²) >= 11 is 4.53. The number of nitrogens with two attached hydrogens (primary N) is 1. The Hall–Kier alpha value is -2.02. The van der Waals surface area contributed by atoms with Crippen molar-refractivity contribution < 1.29 is 14.0 Å². The van der Waals surface area contributed by atoms with Gasteiger partial charge in [0, 0.05) is 5.69 Å². The fourth-order valence-electron chi connectivity index (χ4n) is 1.00. The number of carbonyl (C=O) groups excluding carboxylic acids is 2. The monoisotopic (exact) mass is 255 g/mol. The Morgan fingerprint density at radius 1 is 1.35 bits per heavy atom. The first-order chi connectivity index (χ1) is 7.99. The molecule has 0 aliphatic heterocycles. The predicted octanol–water partition coefficient (Wildman–Crippen LogP) is 0.166. The minimum absolute atomic E-state index is 0.0647. The van der Waals surface area contributed by atoms with Gasteiger partial charge in [-0.15, -0.1) is 0 Å². The molecule has 0 atom stereocenters. The third-order valence-electron chi connectivity index (χ3n) is 1.71. The molecule has 1 rings (SSSR count). The van der Waals surface area contributed by atoms with E-state index in [2.05, 4.69) is 22.9 Å². The molecule has 17 heavy (non-hydrogen) atoms. The Morgan fingerprint density at radius 2 is 2.06 bits per heavy atom. The van der Waals surface area contributed by atoms with Crippen molar-refractivity contribution in [3.05, 3.63) is 30.1 Å². The first-order valence-electron chi connectivity index (χ1n) is 4.62. The second-order valence-electron chi connectivity index (χ2n) is 3.11. The van der Waals surface area contributed by atoms with Crippen LogP contribution in [0.15, 0.2) is 24.3 Å². The van der Waals surface area contributed by atoms with Crippen LogP contribution < -0.4 is 16.4 Å². The maximum atomic E-state index is 12.8. The topological polar surface area (TPSA) is 84.2 Å². The van der Waals surface area contributed by atoms with Crippen LogP contribution in [0.3, 0.4) is 0 Å². The van der Waals surface area contributed by atoms with Crippen molar-refractivity contribution in [2.75, 3.05) is 11.9 Å². The smallest absolute Gasteiger partial charge is 0.313 e. The van der Waals surface area contributed by atoms with Crippen LogP contribution in [-0.2, 0) is 9.59 Å². The van der Waals surface area contributed by atoms with Gasteiger partial charge in [-0.05, 0) is 18.2 Å². The fourth-order valence-corrected chi connectivity index (χ4v) is 1.07. The van der Waals surface area contributed by atoms with Gasteiger partial charge in [0.05, 0.1) is 11.5 Å². The SMILES string of the molecule is NC(=S)CNC(=O)C(=O)Nc1cccc(F)c1. The van der Waals surface area contributed by atoms with Gasteiger partial charge in [-0.2, -0.15) is 0 Å². The molecule has 0 bridgehead atoms. The summed E-state index contributed by atoms with van der Waals surface area (Å²) < 4.78 is 12.8. The third kappa shape index (κ3) is 4.56. The maximum Gasteiger partial charge on any atom is 0.313 e. The first-order valence-corrected chi connectivity index (χ1v) is 5.03. The molecular weight excluding hydrogens is 245 g/mol. The Bertz CT molecular complexity index is 465. The quantitative estimate of drug-likeness (QED) is 0.531. The predicted molar refractivity (Wildman–Crippen MR) is 64.8 cm³/mol. The summed E-state index contributed by atoms with van der Waals surface area (Å²) in [5.41, 5.74) is 5.34. The number of hydrogen-bond acceptors (Lipinski definition) is 3. The normalized spacial score (nSPS) is 9.47. The Labute approximate surface area is 102 Å². The molecule has 0 saturated carbocycles. The molecule has 0 aliphatic rings. The van der Waals surface area contributed by atoms with E-state index >= 15 is 0 Å². The molecular formula is C10H10FN3O2S. The lowest BCUT2D eigenvalue weighted by molar-refractivity contribution is -0.135. The van der Waals surface area contributed by atoms with E-state index in [1.54, 1.807) is 0 Å². The van der Waals surface area contributed by atoms with Gasteiger partial charge in [-0.25, -0.2) is 4.39 Å². The van der Waals surface area contributed by atoms with Crippen molar-refractivity contribution in [3.8, 4) is 0 Å². The maximum absolute atomic E-state index is 12.8. The van der Waals surface area contributed by atoms with Crippen LogP contribution in [0.4, 0.5) is 10.1 Å². The van der Waals surface area contributed by atoms with E-state index in [1.165, 1.54) is 18.2 Å². The first kappa shape index (κ1) is 13.0. The molecule has 5 nitrogen and oxygen atoms in total. The number of halogens is 1. The lowest BCUT2D eigenvalue weighted by atomic mass is 10.3. The van der Waals surface area contributed by atoms with Crippen LogP contribution in [0.1, 0.15) is 0 Å². The van der Waals surface area contributed by atoms with Gasteiger partial charge in [-0.3, -0.25) is 9.59 Å². The summed E-state index contributed by atoms with van der Waals surface area (Å²) in [4.78, 5) is 22.6. The molecule has 0 spiro atoms. The zero-order valence-electron chi connectivity index (χ0n) is 8.70. The van der Waals surface area contributed by atoms with Gasteiger partial charge in [0.15, 0.2) is 0 Å². The van der Waals surface area contributed by atoms with Crippen molar-refractivity contribution in [2.45, 2.75) is 0 Å². The molecule has 7 heteroatoms. The number of thiocarbonyl (C=S) groups is 1. The number of rotatable bonds is 3.